The largest absolute Gasteiger partial charge is 0.497 e. The maximum atomic E-state index is 12.4. The Hall–Kier alpha value is -1.58. The van der Waals surface area contributed by atoms with Gasteiger partial charge in [0.1, 0.15) is 11.6 Å². The van der Waals surface area contributed by atoms with Gasteiger partial charge < -0.3 is 10.1 Å². The van der Waals surface area contributed by atoms with Crippen LogP contribution in [0, 0.1) is 11.3 Å². The molecule has 1 aliphatic rings. The first-order valence-corrected chi connectivity index (χ1v) is 6.84. The van der Waals surface area contributed by atoms with Crippen LogP contribution in [0.4, 0.5) is 5.82 Å². The van der Waals surface area contributed by atoms with E-state index in [0.717, 1.165) is 19.3 Å². The van der Waals surface area contributed by atoms with Gasteiger partial charge in [0.25, 0.3) is 0 Å². The summed E-state index contributed by atoms with van der Waals surface area (Å²) in [6.07, 6.45) is 6.06. The lowest BCUT2D eigenvalue weighted by molar-refractivity contribution is -0.124. The molecule has 4 heteroatoms. The number of carbonyl (C=O) groups is 1. The van der Waals surface area contributed by atoms with Crippen molar-refractivity contribution in [2.24, 2.45) is 11.3 Å². The number of carbonyl (C=O) groups excluding carboxylic acids is 1. The monoisotopic (exact) mass is 262 g/mol. The van der Waals surface area contributed by atoms with Crippen molar-refractivity contribution in [3.05, 3.63) is 18.3 Å². The number of anilines is 1. The van der Waals surface area contributed by atoms with Crippen LogP contribution >= 0.6 is 0 Å². The van der Waals surface area contributed by atoms with Crippen molar-refractivity contribution in [2.75, 3.05) is 12.4 Å². The molecular weight excluding hydrogens is 240 g/mol. The molecule has 0 aromatic carbocycles. The number of methoxy groups -OCH3 is 1. The Morgan fingerprint density at radius 2 is 2.26 bits per heavy atom. The summed E-state index contributed by atoms with van der Waals surface area (Å²) in [5.41, 5.74) is 0.0706. The Labute approximate surface area is 114 Å². The quantitative estimate of drug-likeness (QED) is 0.909. The normalized spacial score (nSPS) is 21.7. The van der Waals surface area contributed by atoms with Gasteiger partial charge in [0.05, 0.1) is 7.11 Å². The number of nitrogens with one attached hydrogen (secondary N) is 1. The van der Waals surface area contributed by atoms with Crippen molar-refractivity contribution < 1.29 is 9.53 Å². The number of ether oxygens (including phenoxy) is 1. The minimum absolute atomic E-state index is 0.0641. The highest BCUT2D eigenvalue weighted by Gasteiger charge is 2.37. The van der Waals surface area contributed by atoms with E-state index >= 15 is 0 Å². The highest BCUT2D eigenvalue weighted by Crippen LogP contribution is 2.41. The van der Waals surface area contributed by atoms with Gasteiger partial charge in [0, 0.05) is 18.2 Å². The molecular formula is C15H22N2O2. The molecule has 1 saturated carbocycles. The highest BCUT2D eigenvalue weighted by molar-refractivity contribution is 5.92. The number of aromatic nitrogens is 1. The molecule has 1 aromatic rings. The molecule has 1 aromatic heterocycles. The molecule has 1 fully saturated rings. The first-order valence-electron chi connectivity index (χ1n) is 6.84. The predicted molar refractivity (Wildman–Crippen MR) is 75.2 cm³/mol. The number of nitrogens with zero attached hydrogens (tertiary/aromatic N) is 1. The molecule has 0 bridgehead atoms. The topological polar surface area (TPSA) is 51.2 Å². The second kappa shape index (κ2) is 5.59. The Kier molecular flexibility index (Phi) is 4.08. The average molecular weight is 262 g/mol. The number of amides is 1. The summed E-state index contributed by atoms with van der Waals surface area (Å²) in [6, 6.07) is 3.51. The van der Waals surface area contributed by atoms with Crippen LogP contribution in [0.25, 0.3) is 0 Å². The lowest BCUT2D eigenvalue weighted by Gasteiger charge is -2.37. The van der Waals surface area contributed by atoms with E-state index in [2.05, 4.69) is 24.1 Å². The second-order valence-corrected chi connectivity index (χ2v) is 5.86. The molecule has 0 spiro atoms. The average Bonchev–Trinajstić information content (AvgIpc) is 2.38. The summed E-state index contributed by atoms with van der Waals surface area (Å²) in [4.78, 5) is 16.5. The predicted octanol–water partition coefficient (Wildman–Crippen LogP) is 3.25. The van der Waals surface area contributed by atoms with Crippen LogP contribution in [0.1, 0.15) is 39.5 Å². The summed E-state index contributed by atoms with van der Waals surface area (Å²) in [5.74, 6) is 1.40. The van der Waals surface area contributed by atoms with E-state index in [1.165, 1.54) is 6.42 Å². The Morgan fingerprint density at radius 1 is 1.47 bits per heavy atom. The zero-order valence-electron chi connectivity index (χ0n) is 11.9. The van der Waals surface area contributed by atoms with Crippen LogP contribution in [0.15, 0.2) is 18.3 Å². The van der Waals surface area contributed by atoms with Gasteiger partial charge in [-0.15, -0.1) is 0 Å². The third kappa shape index (κ3) is 3.25. The molecule has 1 atom stereocenters. The van der Waals surface area contributed by atoms with Gasteiger partial charge in [0.15, 0.2) is 0 Å². The molecule has 4 nitrogen and oxygen atoms in total. The van der Waals surface area contributed by atoms with Crippen molar-refractivity contribution in [3.8, 4) is 5.75 Å². The zero-order chi connectivity index (χ0) is 13.9. The molecule has 19 heavy (non-hydrogen) atoms. The number of hydrogen-bond donors (Lipinski definition) is 1. The smallest absolute Gasteiger partial charge is 0.229 e. The van der Waals surface area contributed by atoms with E-state index in [4.69, 9.17) is 4.74 Å². The van der Waals surface area contributed by atoms with Crippen LogP contribution in [-0.4, -0.2) is 18.0 Å². The van der Waals surface area contributed by atoms with Gasteiger partial charge in [-0.1, -0.05) is 26.7 Å². The molecule has 0 aliphatic heterocycles. The lowest BCUT2D eigenvalue weighted by atomic mass is 9.68. The first-order chi connectivity index (χ1) is 9.03. The fourth-order valence-corrected chi connectivity index (χ4v) is 2.80. The first kappa shape index (κ1) is 13.8. The van der Waals surface area contributed by atoms with Crippen LogP contribution in [0.2, 0.25) is 0 Å². The van der Waals surface area contributed by atoms with Crippen molar-refractivity contribution in [1.29, 1.82) is 0 Å². The SMILES string of the molecule is COc1ccnc(NC(=O)C2CCCCC2(C)C)c1. The number of pyridine rings is 1. The summed E-state index contributed by atoms with van der Waals surface area (Å²) in [6.45, 7) is 4.35. The van der Waals surface area contributed by atoms with Gasteiger partial charge >= 0.3 is 0 Å². The van der Waals surface area contributed by atoms with Crippen LogP contribution < -0.4 is 10.1 Å². The zero-order valence-corrected chi connectivity index (χ0v) is 11.9. The molecule has 0 radical (unpaired) electrons. The summed E-state index contributed by atoms with van der Waals surface area (Å²) >= 11 is 0. The van der Waals surface area contributed by atoms with Crippen LogP contribution in [0.3, 0.4) is 0 Å². The maximum absolute atomic E-state index is 12.4. The van der Waals surface area contributed by atoms with E-state index in [9.17, 15) is 4.79 Å². The third-order valence-corrected chi connectivity index (χ3v) is 4.04. The minimum Gasteiger partial charge on any atom is -0.497 e. The third-order valence-electron chi connectivity index (χ3n) is 4.04. The standard InChI is InChI=1S/C15H22N2O2/c1-15(2)8-5-4-6-12(15)14(18)17-13-10-11(19-3)7-9-16-13/h7,9-10,12H,4-6,8H2,1-3H3,(H,16,17,18). The summed E-state index contributed by atoms with van der Waals surface area (Å²) < 4.78 is 5.13. The van der Waals surface area contributed by atoms with E-state index in [1.807, 2.05) is 0 Å². The molecule has 1 N–H and O–H groups in total. The molecule has 1 amide bonds. The van der Waals surface area contributed by atoms with Crippen molar-refractivity contribution in [3.63, 3.8) is 0 Å². The van der Waals surface area contributed by atoms with Gasteiger partial charge in [-0.25, -0.2) is 4.98 Å². The number of hydrogen-bond acceptors (Lipinski definition) is 3. The fraction of sp³-hybridized carbons (Fsp3) is 0.600. The van der Waals surface area contributed by atoms with Crippen LogP contribution in [-0.2, 0) is 4.79 Å². The maximum Gasteiger partial charge on any atom is 0.229 e. The highest BCUT2D eigenvalue weighted by atomic mass is 16.5. The Morgan fingerprint density at radius 3 is 2.95 bits per heavy atom. The Bertz CT molecular complexity index is 457. The lowest BCUT2D eigenvalue weighted by Crippen LogP contribution is -2.37. The Balaban J connectivity index is 2.07. The summed E-state index contributed by atoms with van der Waals surface area (Å²) in [7, 11) is 1.60. The minimum atomic E-state index is 0.0641. The van der Waals surface area contributed by atoms with E-state index in [-0.39, 0.29) is 17.2 Å². The molecule has 1 aliphatic carbocycles. The molecule has 1 heterocycles. The second-order valence-electron chi connectivity index (χ2n) is 5.86. The number of rotatable bonds is 3. The van der Waals surface area contributed by atoms with Gasteiger partial charge in [0.2, 0.25) is 5.91 Å². The van der Waals surface area contributed by atoms with E-state index < -0.39 is 0 Å². The van der Waals surface area contributed by atoms with Crippen molar-refractivity contribution in [2.45, 2.75) is 39.5 Å². The molecule has 2 rings (SSSR count). The van der Waals surface area contributed by atoms with Gasteiger partial charge in [-0.05, 0) is 24.3 Å². The van der Waals surface area contributed by atoms with Crippen LogP contribution in [0.5, 0.6) is 5.75 Å². The van der Waals surface area contributed by atoms with Crippen molar-refractivity contribution in [1.82, 2.24) is 4.98 Å². The molecule has 0 saturated heterocycles. The summed E-state index contributed by atoms with van der Waals surface area (Å²) in [5, 5.41) is 2.91. The van der Waals surface area contributed by atoms with Crippen molar-refractivity contribution >= 4 is 11.7 Å². The van der Waals surface area contributed by atoms with Gasteiger partial charge in [-0.2, -0.15) is 0 Å². The molecule has 1 unspecified atom stereocenters. The van der Waals surface area contributed by atoms with Gasteiger partial charge in [-0.3, -0.25) is 4.79 Å². The molecule has 104 valence electrons. The fourth-order valence-electron chi connectivity index (χ4n) is 2.80. The van der Waals surface area contributed by atoms with E-state index in [0.29, 0.717) is 11.6 Å². The van der Waals surface area contributed by atoms with E-state index in [1.54, 1.807) is 25.4 Å².